The average molecular weight is 385 g/mol. The van der Waals surface area contributed by atoms with Crippen LogP contribution in [0.15, 0.2) is 17.8 Å². The predicted molar refractivity (Wildman–Crippen MR) is 107 cm³/mol. The number of carbonyl (C=O) groups is 1. The van der Waals surface area contributed by atoms with Gasteiger partial charge in [-0.05, 0) is 26.7 Å². The van der Waals surface area contributed by atoms with Crippen molar-refractivity contribution in [2.45, 2.75) is 32.6 Å². The first-order chi connectivity index (χ1) is 13.0. The molecule has 0 N–H and O–H groups in total. The Bertz CT molecular complexity index is 966. The Morgan fingerprint density at radius 1 is 1.19 bits per heavy atom. The van der Waals surface area contributed by atoms with Crippen LogP contribution >= 0.6 is 11.3 Å². The molecule has 8 heteroatoms. The molecule has 0 aromatic carbocycles. The minimum atomic E-state index is 0.0110. The van der Waals surface area contributed by atoms with Gasteiger partial charge in [0, 0.05) is 56.6 Å². The van der Waals surface area contributed by atoms with E-state index in [1.165, 1.54) is 16.2 Å². The lowest BCUT2D eigenvalue weighted by Crippen LogP contribution is -2.38. The number of carbonyl (C=O) groups excluding carboxylic acids is 1. The molecule has 3 aromatic rings. The standard InChI is InChI=1S/C19H24N6OS/c1-12-11-27-18-16(22-13(2)25(12)18)14-5-7-24(8-6-14)17(26)15-9-20-19(21-10-15)23(3)4/h9-11,14H,5-8H2,1-4H3. The van der Waals surface area contributed by atoms with Crippen LogP contribution in [0.1, 0.15) is 46.3 Å². The van der Waals surface area contributed by atoms with Crippen LogP contribution in [0.5, 0.6) is 0 Å². The van der Waals surface area contributed by atoms with Gasteiger partial charge in [-0.1, -0.05) is 0 Å². The maximum absolute atomic E-state index is 12.8. The molecule has 0 spiro atoms. The number of fused-ring (bicyclic) bond motifs is 1. The third kappa shape index (κ3) is 3.18. The van der Waals surface area contributed by atoms with Crippen LogP contribution in [0.4, 0.5) is 5.95 Å². The zero-order valence-electron chi connectivity index (χ0n) is 16.1. The van der Waals surface area contributed by atoms with E-state index in [4.69, 9.17) is 4.98 Å². The van der Waals surface area contributed by atoms with Crippen molar-refractivity contribution in [2.75, 3.05) is 32.1 Å². The molecular formula is C19H24N6OS. The second kappa shape index (κ2) is 6.92. The minimum Gasteiger partial charge on any atom is -0.347 e. The van der Waals surface area contributed by atoms with Crippen molar-refractivity contribution in [3.05, 3.63) is 40.5 Å². The molecule has 1 fully saturated rings. The molecule has 4 heterocycles. The smallest absolute Gasteiger partial charge is 0.256 e. The summed E-state index contributed by atoms with van der Waals surface area (Å²) in [6, 6.07) is 0. The van der Waals surface area contributed by atoms with Crippen molar-refractivity contribution in [2.24, 2.45) is 0 Å². The van der Waals surface area contributed by atoms with Gasteiger partial charge in [0.1, 0.15) is 10.7 Å². The third-order valence-electron chi connectivity index (χ3n) is 5.18. The van der Waals surface area contributed by atoms with E-state index in [9.17, 15) is 4.79 Å². The Labute approximate surface area is 162 Å². The van der Waals surface area contributed by atoms with E-state index in [1.54, 1.807) is 23.7 Å². The minimum absolute atomic E-state index is 0.0110. The fourth-order valence-electron chi connectivity index (χ4n) is 3.72. The molecule has 142 valence electrons. The molecule has 0 aliphatic carbocycles. The number of thiazole rings is 1. The van der Waals surface area contributed by atoms with Crippen LogP contribution < -0.4 is 4.90 Å². The first-order valence-electron chi connectivity index (χ1n) is 9.17. The Balaban J connectivity index is 1.46. The molecule has 1 saturated heterocycles. The van der Waals surface area contributed by atoms with Crippen LogP contribution in [-0.2, 0) is 0 Å². The fraction of sp³-hybridized carbons (Fsp3) is 0.474. The number of likely N-dealkylation sites (tertiary alicyclic amines) is 1. The Kier molecular flexibility index (Phi) is 4.59. The van der Waals surface area contributed by atoms with Crippen molar-refractivity contribution in [1.82, 2.24) is 24.3 Å². The summed E-state index contributed by atoms with van der Waals surface area (Å²) in [5, 5.41) is 2.18. The molecule has 7 nitrogen and oxygen atoms in total. The summed E-state index contributed by atoms with van der Waals surface area (Å²) >= 11 is 1.76. The summed E-state index contributed by atoms with van der Waals surface area (Å²) in [7, 11) is 3.76. The third-order valence-corrected chi connectivity index (χ3v) is 6.25. The maximum Gasteiger partial charge on any atom is 0.256 e. The number of hydrogen-bond acceptors (Lipinski definition) is 6. The number of aryl methyl sites for hydroxylation is 2. The second-order valence-electron chi connectivity index (χ2n) is 7.29. The van der Waals surface area contributed by atoms with Gasteiger partial charge in [-0.3, -0.25) is 9.20 Å². The van der Waals surface area contributed by atoms with Gasteiger partial charge in [-0.25, -0.2) is 15.0 Å². The monoisotopic (exact) mass is 384 g/mol. The summed E-state index contributed by atoms with van der Waals surface area (Å²) < 4.78 is 2.24. The molecular weight excluding hydrogens is 360 g/mol. The zero-order valence-corrected chi connectivity index (χ0v) is 17.0. The topological polar surface area (TPSA) is 66.6 Å². The first kappa shape index (κ1) is 17.9. The number of nitrogens with zero attached hydrogens (tertiary/aromatic N) is 6. The van der Waals surface area contributed by atoms with E-state index in [2.05, 4.69) is 33.6 Å². The van der Waals surface area contributed by atoms with E-state index < -0.39 is 0 Å². The quantitative estimate of drug-likeness (QED) is 0.695. The van der Waals surface area contributed by atoms with E-state index in [0.29, 0.717) is 17.4 Å². The molecule has 0 unspecified atom stereocenters. The fourth-order valence-corrected chi connectivity index (χ4v) is 4.83. The Hall–Kier alpha value is -2.48. The molecule has 0 saturated carbocycles. The molecule has 0 atom stereocenters. The molecule has 3 aromatic heterocycles. The van der Waals surface area contributed by atoms with Crippen molar-refractivity contribution < 1.29 is 4.79 Å². The summed E-state index contributed by atoms with van der Waals surface area (Å²) in [6.07, 6.45) is 5.11. The SMILES string of the molecule is Cc1csc2c(C3CCN(C(=O)c4cnc(N(C)C)nc4)CC3)nc(C)n12. The second-order valence-corrected chi connectivity index (χ2v) is 8.15. The van der Waals surface area contributed by atoms with Gasteiger partial charge in [0.2, 0.25) is 5.95 Å². The van der Waals surface area contributed by atoms with Crippen LogP contribution in [0.3, 0.4) is 0 Å². The van der Waals surface area contributed by atoms with Crippen LogP contribution in [0.25, 0.3) is 4.83 Å². The number of amides is 1. The number of rotatable bonds is 3. The van der Waals surface area contributed by atoms with Crippen LogP contribution in [0, 0.1) is 13.8 Å². The van der Waals surface area contributed by atoms with Crippen molar-refractivity contribution in [1.29, 1.82) is 0 Å². The molecule has 1 aliphatic rings. The maximum atomic E-state index is 12.8. The highest BCUT2D eigenvalue weighted by molar-refractivity contribution is 7.15. The van der Waals surface area contributed by atoms with Crippen molar-refractivity contribution in [3.63, 3.8) is 0 Å². The first-order valence-corrected chi connectivity index (χ1v) is 10.1. The average Bonchev–Trinajstić information content (AvgIpc) is 3.22. The molecule has 4 rings (SSSR count). The lowest BCUT2D eigenvalue weighted by Gasteiger charge is -2.31. The predicted octanol–water partition coefficient (Wildman–Crippen LogP) is 2.89. The molecule has 1 aliphatic heterocycles. The highest BCUT2D eigenvalue weighted by Gasteiger charge is 2.28. The van der Waals surface area contributed by atoms with Gasteiger partial charge < -0.3 is 9.80 Å². The summed E-state index contributed by atoms with van der Waals surface area (Å²) in [4.78, 5) is 31.1. The molecule has 0 radical (unpaired) electrons. The number of hydrogen-bond donors (Lipinski definition) is 0. The molecule has 27 heavy (non-hydrogen) atoms. The molecule has 0 bridgehead atoms. The van der Waals surface area contributed by atoms with E-state index in [1.807, 2.05) is 23.9 Å². The Morgan fingerprint density at radius 2 is 1.85 bits per heavy atom. The summed E-state index contributed by atoms with van der Waals surface area (Å²) in [5.41, 5.74) is 2.98. The van der Waals surface area contributed by atoms with Crippen LogP contribution in [-0.4, -0.2) is 57.3 Å². The van der Waals surface area contributed by atoms with E-state index in [-0.39, 0.29) is 5.91 Å². The van der Waals surface area contributed by atoms with Gasteiger partial charge in [0.05, 0.1) is 11.3 Å². The highest BCUT2D eigenvalue weighted by atomic mass is 32.1. The lowest BCUT2D eigenvalue weighted by atomic mass is 9.93. The number of aromatic nitrogens is 4. The van der Waals surface area contributed by atoms with Gasteiger partial charge in [-0.15, -0.1) is 11.3 Å². The van der Waals surface area contributed by atoms with Gasteiger partial charge in [0.15, 0.2) is 0 Å². The number of anilines is 1. The zero-order chi connectivity index (χ0) is 19.1. The highest BCUT2D eigenvalue weighted by Crippen LogP contribution is 2.34. The van der Waals surface area contributed by atoms with E-state index in [0.717, 1.165) is 31.8 Å². The van der Waals surface area contributed by atoms with Crippen LogP contribution in [0.2, 0.25) is 0 Å². The summed E-state index contributed by atoms with van der Waals surface area (Å²) in [5.74, 6) is 2.08. The largest absolute Gasteiger partial charge is 0.347 e. The van der Waals surface area contributed by atoms with Crippen molar-refractivity contribution in [3.8, 4) is 0 Å². The van der Waals surface area contributed by atoms with Gasteiger partial charge in [0.25, 0.3) is 5.91 Å². The normalized spacial score (nSPS) is 15.5. The van der Waals surface area contributed by atoms with Gasteiger partial charge >= 0.3 is 0 Å². The lowest BCUT2D eigenvalue weighted by molar-refractivity contribution is 0.0711. The Morgan fingerprint density at radius 3 is 2.48 bits per heavy atom. The van der Waals surface area contributed by atoms with Gasteiger partial charge in [-0.2, -0.15) is 0 Å². The number of piperidine rings is 1. The van der Waals surface area contributed by atoms with Crippen molar-refractivity contribution >= 4 is 28.0 Å². The van der Waals surface area contributed by atoms with E-state index >= 15 is 0 Å². The number of imidazole rings is 1. The molecule has 1 amide bonds. The summed E-state index contributed by atoms with van der Waals surface area (Å²) in [6.45, 7) is 5.65.